The van der Waals surface area contributed by atoms with E-state index in [0.29, 0.717) is 30.9 Å². The van der Waals surface area contributed by atoms with Crippen molar-refractivity contribution in [2.24, 2.45) is 0 Å². The Morgan fingerprint density at radius 2 is 2.07 bits per heavy atom. The summed E-state index contributed by atoms with van der Waals surface area (Å²) in [5, 5.41) is 19.8. The number of piperidine rings is 1. The number of nitrogens with zero attached hydrogens (tertiary/aromatic N) is 4. The Bertz CT molecular complexity index is 775. The van der Waals surface area contributed by atoms with Crippen molar-refractivity contribution in [1.82, 2.24) is 30.3 Å². The maximum Gasteiger partial charge on any atom is 0.251 e. The first-order valence-corrected chi connectivity index (χ1v) is 8.81. The summed E-state index contributed by atoms with van der Waals surface area (Å²) in [5.74, 6) is 0.398. The number of hydrogen-bond acceptors (Lipinski definition) is 6. The first-order chi connectivity index (χ1) is 12.9. The third-order valence-electron chi connectivity index (χ3n) is 4.68. The topological polar surface area (TPSA) is 114 Å². The lowest BCUT2D eigenvalue weighted by atomic mass is 10.0. The van der Waals surface area contributed by atoms with Crippen LogP contribution in [0.1, 0.15) is 16.8 Å². The minimum atomic E-state index is -0.717. The normalized spacial score (nSPS) is 20.3. The highest BCUT2D eigenvalue weighted by Gasteiger charge is 2.30. The van der Waals surface area contributed by atoms with Gasteiger partial charge in [0, 0.05) is 38.3 Å². The fourth-order valence-electron chi connectivity index (χ4n) is 3.02. The number of carbonyl (C=O) groups is 2. The van der Waals surface area contributed by atoms with E-state index in [9.17, 15) is 14.7 Å². The molecule has 2 amide bonds. The molecule has 0 saturated carbocycles. The van der Waals surface area contributed by atoms with E-state index >= 15 is 0 Å². The molecule has 9 nitrogen and oxygen atoms in total. The van der Waals surface area contributed by atoms with Crippen LogP contribution in [0.25, 0.3) is 11.4 Å². The summed E-state index contributed by atoms with van der Waals surface area (Å²) < 4.78 is 0. The van der Waals surface area contributed by atoms with Gasteiger partial charge >= 0.3 is 0 Å². The van der Waals surface area contributed by atoms with Gasteiger partial charge in [-0.25, -0.2) is 4.98 Å². The molecular formula is C18H24N6O3. The molecule has 2 atom stereocenters. The lowest BCUT2D eigenvalue weighted by Crippen LogP contribution is -2.55. The minimum absolute atomic E-state index is 0.00321. The number of likely N-dealkylation sites (N-methyl/N-ethyl adjacent to an activating group) is 1. The maximum absolute atomic E-state index is 12.5. The van der Waals surface area contributed by atoms with Crippen LogP contribution in [0.4, 0.5) is 0 Å². The number of nitrogens with one attached hydrogen (secondary N) is 2. The highest BCUT2D eigenvalue weighted by atomic mass is 16.3. The average Bonchev–Trinajstić information content (AvgIpc) is 3.18. The van der Waals surface area contributed by atoms with E-state index in [0.717, 1.165) is 5.56 Å². The molecule has 3 N–H and O–H groups in total. The van der Waals surface area contributed by atoms with Crippen molar-refractivity contribution >= 4 is 11.8 Å². The smallest absolute Gasteiger partial charge is 0.251 e. The fraction of sp³-hybridized carbons (Fsp3) is 0.444. The molecule has 2 heterocycles. The number of H-pyrrole nitrogens is 1. The molecular weight excluding hydrogens is 348 g/mol. The van der Waals surface area contributed by atoms with Crippen molar-refractivity contribution in [3.8, 4) is 11.4 Å². The molecule has 27 heavy (non-hydrogen) atoms. The van der Waals surface area contributed by atoms with E-state index in [1.165, 1.54) is 11.2 Å². The Morgan fingerprint density at radius 3 is 2.67 bits per heavy atom. The second-order valence-electron chi connectivity index (χ2n) is 6.87. The average molecular weight is 372 g/mol. The SMILES string of the molecule is CN(C)C(=O)CN1CC[C@@H](NC(=O)c2ccc(-c3ncn[nH]3)cc2)[C@H](O)C1. The third-order valence-corrected chi connectivity index (χ3v) is 4.68. The number of aromatic amines is 1. The maximum atomic E-state index is 12.5. The molecule has 0 spiro atoms. The second-order valence-corrected chi connectivity index (χ2v) is 6.87. The number of hydrogen-bond donors (Lipinski definition) is 3. The lowest BCUT2D eigenvalue weighted by Gasteiger charge is -2.36. The van der Waals surface area contributed by atoms with Crippen LogP contribution < -0.4 is 5.32 Å². The second kappa shape index (κ2) is 8.28. The number of β-amino-alcohol motifs (C(OH)–C–C–N with tert-alkyl or cyclic N) is 1. The summed E-state index contributed by atoms with van der Waals surface area (Å²) in [5.41, 5.74) is 1.35. The van der Waals surface area contributed by atoms with Crippen molar-refractivity contribution in [3.63, 3.8) is 0 Å². The van der Waals surface area contributed by atoms with Gasteiger partial charge in [0.05, 0.1) is 18.7 Å². The molecule has 1 aliphatic rings. The van der Waals surface area contributed by atoms with Crippen LogP contribution in [0.5, 0.6) is 0 Å². The first-order valence-electron chi connectivity index (χ1n) is 8.81. The van der Waals surface area contributed by atoms with Crippen molar-refractivity contribution in [1.29, 1.82) is 0 Å². The molecule has 1 saturated heterocycles. The number of aromatic nitrogens is 3. The van der Waals surface area contributed by atoms with Crippen LogP contribution in [0.2, 0.25) is 0 Å². The van der Waals surface area contributed by atoms with Crippen LogP contribution >= 0.6 is 0 Å². The van der Waals surface area contributed by atoms with E-state index in [1.807, 2.05) is 4.90 Å². The molecule has 3 rings (SSSR count). The summed E-state index contributed by atoms with van der Waals surface area (Å²) in [6.45, 7) is 1.27. The van der Waals surface area contributed by atoms with Gasteiger partial charge in [-0.05, 0) is 18.6 Å². The number of benzene rings is 1. The first kappa shape index (κ1) is 19.0. The molecule has 9 heteroatoms. The zero-order valence-electron chi connectivity index (χ0n) is 15.4. The van der Waals surface area contributed by atoms with Crippen LogP contribution in [0.3, 0.4) is 0 Å². The van der Waals surface area contributed by atoms with Gasteiger partial charge in [-0.3, -0.25) is 19.6 Å². The zero-order valence-corrected chi connectivity index (χ0v) is 15.4. The molecule has 0 aliphatic carbocycles. The Kier molecular flexibility index (Phi) is 5.82. The predicted molar refractivity (Wildman–Crippen MR) is 98.8 cm³/mol. The van der Waals surface area contributed by atoms with Crippen molar-refractivity contribution in [3.05, 3.63) is 36.2 Å². The number of carbonyl (C=O) groups excluding carboxylic acids is 2. The van der Waals surface area contributed by atoms with Crippen LogP contribution in [0.15, 0.2) is 30.6 Å². The Labute approximate surface area is 157 Å². The van der Waals surface area contributed by atoms with Crippen molar-refractivity contribution in [2.75, 3.05) is 33.7 Å². The summed E-state index contributed by atoms with van der Waals surface area (Å²) >= 11 is 0. The van der Waals surface area contributed by atoms with Crippen LogP contribution in [0, 0.1) is 0 Å². The van der Waals surface area contributed by atoms with E-state index in [2.05, 4.69) is 20.5 Å². The van der Waals surface area contributed by atoms with E-state index in [-0.39, 0.29) is 24.4 Å². The summed E-state index contributed by atoms with van der Waals surface area (Å²) in [4.78, 5) is 31.8. The monoisotopic (exact) mass is 372 g/mol. The quantitative estimate of drug-likeness (QED) is 0.665. The van der Waals surface area contributed by atoms with Gasteiger partial charge in [0.25, 0.3) is 5.91 Å². The molecule has 0 unspecified atom stereocenters. The van der Waals surface area contributed by atoms with E-state index in [1.54, 1.807) is 38.4 Å². The van der Waals surface area contributed by atoms with Crippen molar-refractivity contribution in [2.45, 2.75) is 18.6 Å². The fourth-order valence-corrected chi connectivity index (χ4v) is 3.02. The number of likely N-dealkylation sites (tertiary alicyclic amines) is 1. The summed E-state index contributed by atoms with van der Waals surface area (Å²) in [6.07, 6.45) is 1.30. The summed E-state index contributed by atoms with van der Waals surface area (Å²) in [6, 6.07) is 6.68. The number of rotatable bonds is 5. The molecule has 144 valence electrons. The Balaban J connectivity index is 1.54. The minimum Gasteiger partial charge on any atom is -0.390 e. The van der Waals surface area contributed by atoms with Gasteiger partial charge in [0.15, 0.2) is 5.82 Å². The van der Waals surface area contributed by atoms with Gasteiger partial charge in [-0.1, -0.05) is 12.1 Å². The van der Waals surface area contributed by atoms with Gasteiger partial charge in [0.2, 0.25) is 5.91 Å². The lowest BCUT2D eigenvalue weighted by molar-refractivity contribution is -0.130. The zero-order chi connectivity index (χ0) is 19.4. The highest BCUT2D eigenvalue weighted by molar-refractivity contribution is 5.94. The molecule has 0 bridgehead atoms. The number of amides is 2. The summed E-state index contributed by atoms with van der Waals surface area (Å²) in [7, 11) is 3.42. The number of aliphatic hydroxyl groups is 1. The molecule has 1 fully saturated rings. The third kappa shape index (κ3) is 4.69. The molecule has 2 aromatic rings. The van der Waals surface area contributed by atoms with E-state index < -0.39 is 6.10 Å². The Morgan fingerprint density at radius 1 is 1.33 bits per heavy atom. The van der Waals surface area contributed by atoms with Crippen LogP contribution in [-0.2, 0) is 4.79 Å². The van der Waals surface area contributed by atoms with Crippen LogP contribution in [-0.4, -0.2) is 87.8 Å². The predicted octanol–water partition coefficient (Wildman–Crippen LogP) is -0.275. The van der Waals surface area contributed by atoms with Gasteiger partial charge < -0.3 is 15.3 Å². The van der Waals surface area contributed by atoms with Gasteiger partial charge in [0.1, 0.15) is 6.33 Å². The standard InChI is InChI=1S/C18H24N6O3/c1-23(2)16(26)10-24-8-7-14(15(25)9-24)21-18(27)13-5-3-12(4-6-13)17-19-11-20-22-17/h3-6,11,14-15,25H,7-10H2,1-2H3,(H,21,27)(H,19,20,22)/t14-,15-/m1/s1. The molecule has 1 aromatic carbocycles. The molecule has 1 aromatic heterocycles. The molecule has 0 radical (unpaired) electrons. The Hall–Kier alpha value is -2.78. The van der Waals surface area contributed by atoms with Crippen molar-refractivity contribution < 1.29 is 14.7 Å². The van der Waals surface area contributed by atoms with Gasteiger partial charge in [-0.2, -0.15) is 5.10 Å². The van der Waals surface area contributed by atoms with E-state index in [4.69, 9.17) is 0 Å². The molecule has 1 aliphatic heterocycles. The highest BCUT2D eigenvalue weighted by Crippen LogP contribution is 2.16. The van der Waals surface area contributed by atoms with Gasteiger partial charge in [-0.15, -0.1) is 0 Å². The number of aliphatic hydroxyl groups excluding tert-OH is 1. The largest absolute Gasteiger partial charge is 0.390 e.